The number of amides is 1. The average Bonchev–Trinajstić information content (AvgIpc) is 3.01. The van der Waals surface area contributed by atoms with Gasteiger partial charge in [0.05, 0.1) is 18.1 Å². The van der Waals surface area contributed by atoms with Crippen LogP contribution in [-0.4, -0.2) is 62.7 Å². The molecule has 114 valence electrons. The molecule has 2 heterocycles. The zero-order chi connectivity index (χ0) is 15.7. The summed E-state index contributed by atoms with van der Waals surface area (Å²) in [5, 5.41) is 3.84. The van der Waals surface area contributed by atoms with Gasteiger partial charge in [-0.25, -0.2) is 0 Å². The second-order valence-corrected chi connectivity index (χ2v) is 5.41. The second kappa shape index (κ2) is 5.85. The summed E-state index contributed by atoms with van der Waals surface area (Å²) >= 11 is 0. The number of aromatic amines is 1. The van der Waals surface area contributed by atoms with E-state index in [1.807, 2.05) is 20.0 Å². The van der Waals surface area contributed by atoms with Gasteiger partial charge in [0, 0.05) is 37.9 Å². The quantitative estimate of drug-likeness (QED) is 0.435. The van der Waals surface area contributed by atoms with E-state index in [0.717, 1.165) is 24.1 Å². The number of nitrogens with one attached hydrogen (secondary N) is 2. The van der Waals surface area contributed by atoms with Crippen LogP contribution in [-0.2, 0) is 4.79 Å². The molecule has 1 aromatic heterocycles. The Morgan fingerprint density at radius 1 is 1.27 bits per heavy atom. The third kappa shape index (κ3) is 2.37. The van der Waals surface area contributed by atoms with Crippen LogP contribution in [0.25, 0.3) is 10.9 Å². The number of aromatic nitrogens is 1. The summed E-state index contributed by atoms with van der Waals surface area (Å²) in [5.74, 6) is -0.346. The molecule has 1 fully saturated rings. The molecule has 1 saturated heterocycles. The lowest BCUT2D eigenvalue weighted by Gasteiger charge is -2.26. The van der Waals surface area contributed by atoms with E-state index < -0.39 is 11.7 Å². The maximum absolute atomic E-state index is 12.6. The molecule has 0 spiro atoms. The number of carbonyl (C=O) groups is 2. The van der Waals surface area contributed by atoms with Crippen LogP contribution in [0.15, 0.2) is 18.3 Å². The topological polar surface area (TPSA) is 74.4 Å². The van der Waals surface area contributed by atoms with Crippen molar-refractivity contribution < 1.29 is 14.3 Å². The summed E-state index contributed by atoms with van der Waals surface area (Å²) in [5.41, 5.74) is 2.21. The Bertz CT molecular complexity index is 735. The lowest BCUT2D eigenvalue weighted by Crippen LogP contribution is -2.48. The molecule has 7 heteroatoms. The first-order valence-electron chi connectivity index (χ1n) is 7.32. The number of fused-ring (bicyclic) bond motifs is 1. The first-order valence-corrected chi connectivity index (χ1v) is 7.32. The smallest absolute Gasteiger partial charge is 0.295 e. The molecule has 1 aliphatic rings. The molecule has 1 amide bonds. The molecular weight excluding hydrogens is 281 g/mol. The monoisotopic (exact) mass is 299 g/mol. The van der Waals surface area contributed by atoms with Gasteiger partial charge in [0.1, 0.15) is 13.6 Å². The number of piperazine rings is 1. The maximum Gasteiger partial charge on any atom is 0.295 e. The Hall–Kier alpha value is -2.28. The maximum atomic E-state index is 12.6. The zero-order valence-corrected chi connectivity index (χ0v) is 12.7. The SMILES string of the molecule is Bc1ccc(OC)c2c(C(=O)C(=O)N3CCNCC3)c[nH]c12. The highest BCUT2D eigenvalue weighted by molar-refractivity contribution is 6.46. The molecule has 0 saturated carbocycles. The van der Waals surface area contributed by atoms with E-state index in [9.17, 15) is 9.59 Å². The number of hydrogen-bond acceptors (Lipinski definition) is 4. The van der Waals surface area contributed by atoms with Gasteiger partial charge in [-0.2, -0.15) is 0 Å². The fourth-order valence-corrected chi connectivity index (χ4v) is 2.83. The van der Waals surface area contributed by atoms with Crippen LogP contribution in [0.3, 0.4) is 0 Å². The molecule has 3 rings (SSSR count). The van der Waals surface area contributed by atoms with Crippen LogP contribution in [0.1, 0.15) is 10.4 Å². The molecule has 0 radical (unpaired) electrons. The first-order chi connectivity index (χ1) is 10.6. The van der Waals surface area contributed by atoms with Crippen LogP contribution in [0.5, 0.6) is 5.75 Å². The van der Waals surface area contributed by atoms with E-state index in [-0.39, 0.29) is 0 Å². The van der Waals surface area contributed by atoms with Gasteiger partial charge in [-0.1, -0.05) is 11.5 Å². The molecular formula is C15H18BN3O3. The highest BCUT2D eigenvalue weighted by Crippen LogP contribution is 2.28. The van der Waals surface area contributed by atoms with Gasteiger partial charge in [-0.3, -0.25) is 9.59 Å². The number of rotatable bonds is 3. The third-order valence-corrected chi connectivity index (χ3v) is 4.07. The fourth-order valence-electron chi connectivity index (χ4n) is 2.83. The summed E-state index contributed by atoms with van der Waals surface area (Å²) in [7, 11) is 3.51. The zero-order valence-electron chi connectivity index (χ0n) is 12.7. The normalized spacial score (nSPS) is 15.0. The molecule has 1 aliphatic heterocycles. The van der Waals surface area contributed by atoms with Gasteiger partial charge >= 0.3 is 0 Å². The van der Waals surface area contributed by atoms with E-state index in [0.29, 0.717) is 29.8 Å². The number of hydrogen-bond donors (Lipinski definition) is 2. The minimum absolute atomic E-state index is 0.374. The predicted octanol–water partition coefficient (Wildman–Crippen LogP) is -0.951. The van der Waals surface area contributed by atoms with E-state index in [1.165, 1.54) is 0 Å². The highest BCUT2D eigenvalue weighted by atomic mass is 16.5. The summed E-state index contributed by atoms with van der Waals surface area (Å²) in [4.78, 5) is 29.7. The van der Waals surface area contributed by atoms with Crippen molar-refractivity contribution in [1.82, 2.24) is 15.2 Å². The van der Waals surface area contributed by atoms with Crippen molar-refractivity contribution in [3.63, 3.8) is 0 Å². The van der Waals surface area contributed by atoms with E-state index in [2.05, 4.69) is 10.3 Å². The number of benzene rings is 1. The number of ether oxygens (including phenoxy) is 1. The number of H-pyrrole nitrogens is 1. The minimum Gasteiger partial charge on any atom is -0.496 e. The van der Waals surface area contributed by atoms with E-state index in [4.69, 9.17) is 4.74 Å². The van der Waals surface area contributed by atoms with Crippen molar-refractivity contribution >= 4 is 35.9 Å². The van der Waals surface area contributed by atoms with Crippen LogP contribution >= 0.6 is 0 Å². The van der Waals surface area contributed by atoms with Crippen LogP contribution in [0.2, 0.25) is 0 Å². The second-order valence-electron chi connectivity index (χ2n) is 5.41. The standard InChI is InChI=1S/C15H18BN3O3/c1-22-11-3-2-10(16)13-12(11)9(8-18-13)14(20)15(21)19-6-4-17-5-7-19/h2-3,8,17-18H,4-7,16H2,1H3. The molecule has 0 unspecified atom stereocenters. The van der Waals surface area contributed by atoms with Gasteiger partial charge in [0.15, 0.2) is 0 Å². The molecule has 0 bridgehead atoms. The Balaban J connectivity index is 2.00. The van der Waals surface area contributed by atoms with Gasteiger partial charge in [-0.15, -0.1) is 0 Å². The molecule has 0 atom stereocenters. The van der Waals surface area contributed by atoms with Crippen molar-refractivity contribution in [3.8, 4) is 5.75 Å². The van der Waals surface area contributed by atoms with Crippen molar-refractivity contribution in [2.45, 2.75) is 0 Å². The third-order valence-electron chi connectivity index (χ3n) is 4.07. The Morgan fingerprint density at radius 2 is 2.00 bits per heavy atom. The van der Waals surface area contributed by atoms with Crippen molar-refractivity contribution in [2.24, 2.45) is 0 Å². The highest BCUT2D eigenvalue weighted by Gasteiger charge is 2.27. The Labute approximate surface area is 129 Å². The predicted molar refractivity (Wildman–Crippen MR) is 86.8 cm³/mol. The summed E-state index contributed by atoms with van der Waals surface area (Å²) in [6, 6.07) is 3.74. The molecule has 6 nitrogen and oxygen atoms in total. The largest absolute Gasteiger partial charge is 0.496 e. The van der Waals surface area contributed by atoms with Crippen LogP contribution < -0.4 is 15.5 Å². The van der Waals surface area contributed by atoms with Crippen LogP contribution in [0, 0.1) is 0 Å². The van der Waals surface area contributed by atoms with Gasteiger partial charge in [0.2, 0.25) is 0 Å². The van der Waals surface area contributed by atoms with E-state index >= 15 is 0 Å². The van der Waals surface area contributed by atoms with Crippen molar-refractivity contribution in [1.29, 1.82) is 0 Å². The van der Waals surface area contributed by atoms with Gasteiger partial charge in [-0.05, 0) is 6.07 Å². The molecule has 2 N–H and O–H groups in total. The molecule has 2 aromatic rings. The number of nitrogens with zero attached hydrogens (tertiary/aromatic N) is 1. The number of ketones is 1. The van der Waals surface area contributed by atoms with Crippen molar-refractivity contribution in [2.75, 3.05) is 33.3 Å². The average molecular weight is 299 g/mol. The number of carbonyl (C=O) groups excluding carboxylic acids is 2. The van der Waals surface area contributed by atoms with Gasteiger partial charge < -0.3 is 19.9 Å². The fraction of sp³-hybridized carbons (Fsp3) is 0.333. The van der Waals surface area contributed by atoms with E-state index in [1.54, 1.807) is 18.2 Å². The number of Topliss-reactive ketones (excluding diaryl/α,β-unsaturated/α-hetero) is 1. The molecule has 22 heavy (non-hydrogen) atoms. The Kier molecular flexibility index (Phi) is 3.89. The lowest BCUT2D eigenvalue weighted by molar-refractivity contribution is -0.126. The van der Waals surface area contributed by atoms with Crippen molar-refractivity contribution in [3.05, 3.63) is 23.9 Å². The summed E-state index contributed by atoms with van der Waals surface area (Å²) in [6.45, 7) is 2.55. The molecule has 1 aromatic carbocycles. The van der Waals surface area contributed by atoms with Gasteiger partial charge in [0.25, 0.3) is 11.7 Å². The Morgan fingerprint density at radius 3 is 2.68 bits per heavy atom. The summed E-state index contributed by atoms with van der Waals surface area (Å²) in [6.07, 6.45) is 1.60. The first kappa shape index (κ1) is 14.7. The number of methoxy groups -OCH3 is 1. The lowest BCUT2D eigenvalue weighted by atomic mass is 9.92. The minimum atomic E-state index is -0.489. The summed E-state index contributed by atoms with van der Waals surface area (Å²) < 4.78 is 5.35. The molecule has 0 aliphatic carbocycles. The van der Waals surface area contributed by atoms with Crippen LogP contribution in [0.4, 0.5) is 0 Å².